The number of carbonyl (C=O) groups is 1. The van der Waals surface area contributed by atoms with Crippen molar-refractivity contribution in [1.82, 2.24) is 4.98 Å². The Labute approximate surface area is 218 Å². The van der Waals surface area contributed by atoms with Gasteiger partial charge in [0.1, 0.15) is 30.4 Å². The van der Waals surface area contributed by atoms with Crippen LogP contribution in [0.5, 0.6) is 5.75 Å². The van der Waals surface area contributed by atoms with Crippen molar-refractivity contribution in [3.8, 4) is 5.75 Å². The topological polar surface area (TPSA) is 134 Å². The first-order valence-electron chi connectivity index (χ1n) is 11.8. The van der Waals surface area contributed by atoms with Crippen LogP contribution in [0.1, 0.15) is 63.3 Å². The minimum absolute atomic E-state index is 0.00467. The molecule has 0 aliphatic heterocycles. The SMILES string of the molecule is C=C(C[C@H](CCOC(=O)C(C)(C)C)OS(C)(=O)=O)C[C@@H](O)c1coc(COCc2ccc(OC)cc2)n1. The fourth-order valence-electron chi connectivity index (χ4n) is 3.24. The molecule has 1 aromatic carbocycles. The van der Waals surface area contributed by atoms with Gasteiger partial charge in [0.05, 0.1) is 38.1 Å². The van der Waals surface area contributed by atoms with E-state index in [1.807, 2.05) is 24.3 Å². The summed E-state index contributed by atoms with van der Waals surface area (Å²) in [6.07, 6.45) is 0.916. The highest BCUT2D eigenvalue weighted by atomic mass is 32.2. The first-order chi connectivity index (χ1) is 17.3. The monoisotopic (exact) mass is 539 g/mol. The van der Waals surface area contributed by atoms with Gasteiger partial charge in [0.2, 0.25) is 5.89 Å². The van der Waals surface area contributed by atoms with Gasteiger partial charge in [0.15, 0.2) is 0 Å². The molecule has 2 atom stereocenters. The molecule has 2 aromatic rings. The summed E-state index contributed by atoms with van der Waals surface area (Å²) < 4.78 is 49.9. The first-order valence-corrected chi connectivity index (χ1v) is 13.6. The second kappa shape index (κ2) is 13.7. The summed E-state index contributed by atoms with van der Waals surface area (Å²) >= 11 is 0. The molecular weight excluding hydrogens is 502 g/mol. The van der Waals surface area contributed by atoms with Gasteiger partial charge in [-0.3, -0.25) is 8.98 Å². The van der Waals surface area contributed by atoms with Crippen molar-refractivity contribution in [3.05, 3.63) is 59.8 Å². The van der Waals surface area contributed by atoms with Crippen molar-refractivity contribution < 1.29 is 41.1 Å². The molecule has 1 aromatic heterocycles. The van der Waals surface area contributed by atoms with Crippen LogP contribution >= 0.6 is 0 Å². The number of methoxy groups -OCH3 is 1. The summed E-state index contributed by atoms with van der Waals surface area (Å²) in [5.41, 5.74) is 1.15. The van der Waals surface area contributed by atoms with Gasteiger partial charge in [-0.05, 0) is 51.3 Å². The third-order valence-corrected chi connectivity index (χ3v) is 5.78. The van der Waals surface area contributed by atoms with Crippen molar-refractivity contribution in [3.63, 3.8) is 0 Å². The quantitative estimate of drug-likeness (QED) is 0.200. The molecule has 2 rings (SSSR count). The molecule has 0 bridgehead atoms. The Morgan fingerprint density at radius 1 is 1.16 bits per heavy atom. The molecule has 37 heavy (non-hydrogen) atoms. The Balaban J connectivity index is 1.84. The van der Waals surface area contributed by atoms with E-state index in [1.54, 1.807) is 27.9 Å². The normalized spacial score (nSPS) is 13.7. The number of aliphatic hydroxyl groups is 1. The van der Waals surface area contributed by atoms with Crippen LogP contribution in [-0.4, -0.2) is 50.6 Å². The van der Waals surface area contributed by atoms with Crippen LogP contribution in [0.3, 0.4) is 0 Å². The van der Waals surface area contributed by atoms with E-state index in [1.165, 1.54) is 6.26 Å². The minimum Gasteiger partial charge on any atom is -0.497 e. The second-order valence-corrected chi connectivity index (χ2v) is 11.4. The van der Waals surface area contributed by atoms with Crippen LogP contribution in [0.25, 0.3) is 0 Å². The van der Waals surface area contributed by atoms with Gasteiger partial charge in [0, 0.05) is 6.42 Å². The van der Waals surface area contributed by atoms with Crippen LogP contribution in [0.2, 0.25) is 0 Å². The molecule has 0 radical (unpaired) electrons. The van der Waals surface area contributed by atoms with Crippen LogP contribution in [0, 0.1) is 5.41 Å². The van der Waals surface area contributed by atoms with Gasteiger partial charge in [-0.15, -0.1) is 0 Å². The molecule has 10 nitrogen and oxygen atoms in total. The number of carbonyl (C=O) groups excluding carboxylic acids is 1. The van der Waals surface area contributed by atoms with E-state index >= 15 is 0 Å². The maximum absolute atomic E-state index is 12.0. The fraction of sp³-hybridized carbons (Fsp3) is 0.538. The molecular formula is C26H37NO9S. The first kappa shape index (κ1) is 30.5. The zero-order valence-electron chi connectivity index (χ0n) is 22.1. The van der Waals surface area contributed by atoms with Crippen LogP contribution in [0.4, 0.5) is 0 Å². The molecule has 0 saturated heterocycles. The lowest BCUT2D eigenvalue weighted by atomic mass is 9.97. The zero-order chi connectivity index (χ0) is 27.6. The van der Waals surface area contributed by atoms with Crippen molar-refractivity contribution in [2.75, 3.05) is 20.0 Å². The lowest BCUT2D eigenvalue weighted by Crippen LogP contribution is -2.26. The van der Waals surface area contributed by atoms with Gasteiger partial charge in [0.25, 0.3) is 10.1 Å². The van der Waals surface area contributed by atoms with E-state index in [2.05, 4.69) is 11.6 Å². The number of rotatable bonds is 15. The molecule has 0 fully saturated rings. The van der Waals surface area contributed by atoms with E-state index in [4.69, 9.17) is 22.8 Å². The van der Waals surface area contributed by atoms with Crippen LogP contribution in [-0.2, 0) is 41.8 Å². The van der Waals surface area contributed by atoms with Crippen molar-refractivity contribution in [1.29, 1.82) is 0 Å². The van der Waals surface area contributed by atoms with E-state index in [0.717, 1.165) is 17.6 Å². The summed E-state index contributed by atoms with van der Waals surface area (Å²) in [5.74, 6) is 0.677. The van der Waals surface area contributed by atoms with Crippen molar-refractivity contribution >= 4 is 16.1 Å². The smallest absolute Gasteiger partial charge is 0.311 e. The molecule has 0 aliphatic rings. The second-order valence-electron chi connectivity index (χ2n) is 9.78. The summed E-state index contributed by atoms with van der Waals surface area (Å²) in [5, 5.41) is 10.6. The molecule has 0 spiro atoms. The zero-order valence-corrected chi connectivity index (χ0v) is 22.9. The number of hydrogen-bond donors (Lipinski definition) is 1. The average Bonchev–Trinajstić information content (AvgIpc) is 3.27. The molecule has 1 N–H and O–H groups in total. The standard InChI is InChI=1S/C26H37NO9S/c1-18(13-21(36-37(6,30)31)11-12-34-25(29)26(2,3)4)14-23(28)22-16-35-24(27-22)17-33-15-19-7-9-20(32-5)10-8-19/h7-10,16,21,23,28H,1,11-15,17H2,2-6H3/t21-,23+/m0/s1. The maximum Gasteiger partial charge on any atom is 0.311 e. The predicted octanol–water partition coefficient (Wildman–Crippen LogP) is 4.09. The Bertz CT molecular complexity index is 1120. The third kappa shape index (κ3) is 11.5. The molecule has 11 heteroatoms. The number of benzene rings is 1. The Morgan fingerprint density at radius 3 is 2.43 bits per heavy atom. The summed E-state index contributed by atoms with van der Waals surface area (Å²) in [6.45, 7) is 9.60. The van der Waals surface area contributed by atoms with E-state index in [0.29, 0.717) is 23.8 Å². The number of aliphatic hydroxyl groups excluding tert-OH is 1. The molecule has 206 valence electrons. The van der Waals surface area contributed by atoms with Gasteiger partial charge in [-0.1, -0.05) is 24.3 Å². The molecule has 1 heterocycles. The number of ether oxygens (including phenoxy) is 3. The Morgan fingerprint density at radius 2 is 1.84 bits per heavy atom. The van der Waals surface area contributed by atoms with Gasteiger partial charge in [-0.25, -0.2) is 4.98 Å². The van der Waals surface area contributed by atoms with E-state index in [9.17, 15) is 18.3 Å². The molecule has 0 amide bonds. The lowest BCUT2D eigenvalue weighted by molar-refractivity contribution is -0.153. The summed E-state index contributed by atoms with van der Waals surface area (Å²) in [6, 6.07) is 7.47. The highest BCUT2D eigenvalue weighted by Crippen LogP contribution is 2.25. The largest absolute Gasteiger partial charge is 0.497 e. The van der Waals surface area contributed by atoms with Crippen LogP contribution < -0.4 is 4.74 Å². The number of hydrogen-bond acceptors (Lipinski definition) is 10. The third-order valence-electron chi connectivity index (χ3n) is 5.16. The van der Waals surface area contributed by atoms with Gasteiger partial charge in [-0.2, -0.15) is 8.42 Å². The molecule has 0 unspecified atom stereocenters. The predicted molar refractivity (Wildman–Crippen MR) is 136 cm³/mol. The highest BCUT2D eigenvalue weighted by molar-refractivity contribution is 7.86. The minimum atomic E-state index is -3.75. The fourth-order valence-corrected chi connectivity index (χ4v) is 3.90. The summed E-state index contributed by atoms with van der Waals surface area (Å²) in [7, 11) is -2.15. The van der Waals surface area contributed by atoms with Gasteiger partial charge >= 0.3 is 5.97 Å². The van der Waals surface area contributed by atoms with Crippen molar-refractivity contribution in [2.24, 2.45) is 5.41 Å². The van der Waals surface area contributed by atoms with Crippen molar-refractivity contribution in [2.45, 2.75) is 65.5 Å². The molecule has 0 saturated carbocycles. The maximum atomic E-state index is 12.0. The number of esters is 1. The number of oxazole rings is 1. The van der Waals surface area contributed by atoms with Gasteiger partial charge < -0.3 is 23.7 Å². The Hall–Kier alpha value is -2.73. The molecule has 0 aliphatic carbocycles. The summed E-state index contributed by atoms with van der Waals surface area (Å²) in [4.78, 5) is 16.2. The highest BCUT2D eigenvalue weighted by Gasteiger charge is 2.25. The number of nitrogens with zero attached hydrogens (tertiary/aromatic N) is 1. The lowest BCUT2D eigenvalue weighted by Gasteiger charge is -2.20. The van der Waals surface area contributed by atoms with E-state index < -0.39 is 33.7 Å². The Kier molecular flexibility index (Phi) is 11.3. The van der Waals surface area contributed by atoms with Crippen LogP contribution in [0.15, 0.2) is 47.1 Å². The number of aromatic nitrogens is 1. The average molecular weight is 540 g/mol. The van der Waals surface area contributed by atoms with E-state index in [-0.39, 0.29) is 32.5 Å².